The van der Waals surface area contributed by atoms with Gasteiger partial charge in [0.05, 0.1) is 39.9 Å². The first-order chi connectivity index (χ1) is 29.4. The summed E-state index contributed by atoms with van der Waals surface area (Å²) in [5.74, 6) is -0.276. The summed E-state index contributed by atoms with van der Waals surface area (Å²) in [6.45, 7) is 4.46. The number of unbranched alkanes of at least 4 members (excludes halogenated alkanes) is 32. The number of rotatable bonds is 48. The Hall–Kier alpha value is -0.800. The largest absolute Gasteiger partial charge is 0.756 e. The summed E-state index contributed by atoms with van der Waals surface area (Å²) in [5, 5.41) is 24.7. The molecule has 0 fully saturated rings. The number of quaternary nitrogens is 1. The van der Waals surface area contributed by atoms with Gasteiger partial charge < -0.3 is 34.0 Å². The van der Waals surface area contributed by atoms with Crippen molar-refractivity contribution in [1.29, 1.82) is 0 Å². The highest BCUT2D eigenvalue weighted by Crippen LogP contribution is 2.38. The van der Waals surface area contributed by atoms with E-state index >= 15 is 0 Å². The minimum Gasteiger partial charge on any atom is -0.756 e. The van der Waals surface area contributed by atoms with E-state index in [4.69, 9.17) is 9.05 Å². The number of allylic oxidation sites excluding steroid dienone is 2. The van der Waals surface area contributed by atoms with Gasteiger partial charge in [-0.15, -0.1) is 0 Å². The van der Waals surface area contributed by atoms with Gasteiger partial charge in [0.25, 0.3) is 7.82 Å². The highest BCUT2D eigenvalue weighted by molar-refractivity contribution is 7.45. The van der Waals surface area contributed by atoms with Gasteiger partial charge in [0.2, 0.25) is 5.91 Å². The second-order valence-electron chi connectivity index (χ2n) is 19.4. The van der Waals surface area contributed by atoms with Gasteiger partial charge in [-0.3, -0.25) is 9.36 Å². The number of nitrogens with zero attached hydrogens (tertiary/aromatic N) is 1. The molecule has 0 aliphatic carbocycles. The van der Waals surface area contributed by atoms with Crippen molar-refractivity contribution in [1.82, 2.24) is 5.32 Å². The first kappa shape index (κ1) is 60.2. The molecule has 0 saturated carbocycles. The van der Waals surface area contributed by atoms with Crippen molar-refractivity contribution in [3.8, 4) is 0 Å². The van der Waals surface area contributed by atoms with E-state index in [0.717, 1.165) is 38.5 Å². The fourth-order valence-electron chi connectivity index (χ4n) is 7.90. The van der Waals surface area contributed by atoms with E-state index in [-0.39, 0.29) is 18.9 Å². The minimum absolute atomic E-state index is 0.0383. The summed E-state index contributed by atoms with van der Waals surface area (Å²) in [7, 11) is 1.13. The quantitative estimate of drug-likeness (QED) is 0.0240. The van der Waals surface area contributed by atoms with Crippen LogP contribution in [0.3, 0.4) is 0 Å². The van der Waals surface area contributed by atoms with Gasteiger partial charge in [-0.2, -0.15) is 0 Å². The Morgan fingerprint density at radius 3 is 1.33 bits per heavy atom. The van der Waals surface area contributed by atoms with Crippen LogP contribution in [0.4, 0.5) is 0 Å². The van der Waals surface area contributed by atoms with E-state index in [1.807, 2.05) is 21.1 Å². The Kier molecular flexibility index (Phi) is 42.5. The topological polar surface area (TPSA) is 128 Å². The maximum Gasteiger partial charge on any atom is 0.268 e. The van der Waals surface area contributed by atoms with Crippen LogP contribution in [0.15, 0.2) is 12.2 Å². The normalized spacial score (nSPS) is 14.7. The number of hydrogen-bond acceptors (Lipinski definition) is 7. The van der Waals surface area contributed by atoms with Crippen molar-refractivity contribution >= 4 is 13.7 Å². The smallest absolute Gasteiger partial charge is 0.268 e. The van der Waals surface area contributed by atoms with Gasteiger partial charge in [-0.05, 0) is 38.5 Å². The zero-order chi connectivity index (χ0) is 45.1. The van der Waals surface area contributed by atoms with E-state index in [0.29, 0.717) is 17.4 Å². The molecule has 61 heavy (non-hydrogen) atoms. The Balaban J connectivity index is 4.23. The second kappa shape index (κ2) is 43.1. The van der Waals surface area contributed by atoms with Crippen molar-refractivity contribution < 1.29 is 38.0 Å². The first-order valence-electron chi connectivity index (χ1n) is 26.1. The molecule has 0 bridgehead atoms. The van der Waals surface area contributed by atoms with Crippen molar-refractivity contribution in [2.75, 3.05) is 40.9 Å². The Morgan fingerprint density at radius 1 is 0.574 bits per heavy atom. The molecule has 0 aromatic rings. The number of aliphatic hydroxyl groups excluding tert-OH is 2. The number of carbonyl (C=O) groups excluding carboxylic acids is 1. The molecule has 0 heterocycles. The SMILES string of the molecule is CCCCCCCCCC/C=C\CCCCCCCCCCCCCCCC(=O)NC(COP(=O)([O-])OCC[N+](C)(C)C)C(O)C(O)CCCCCCCCCCCCCC. The molecular weight excluding hydrogens is 784 g/mol. The number of hydrogen-bond donors (Lipinski definition) is 3. The van der Waals surface area contributed by atoms with E-state index < -0.39 is 32.7 Å². The number of phosphoric ester groups is 1. The van der Waals surface area contributed by atoms with Crippen molar-refractivity contribution in [2.24, 2.45) is 0 Å². The molecule has 4 atom stereocenters. The number of amides is 1. The molecule has 4 unspecified atom stereocenters. The first-order valence-corrected chi connectivity index (χ1v) is 27.6. The summed E-state index contributed by atoms with van der Waals surface area (Å²) >= 11 is 0. The second-order valence-corrected chi connectivity index (χ2v) is 20.8. The molecule has 0 aromatic heterocycles. The molecule has 1 amide bonds. The Labute approximate surface area is 378 Å². The standard InChI is InChI=1S/C51H103N2O7P/c1-6-8-10-12-14-16-18-20-21-22-23-24-25-26-27-28-29-30-31-32-34-36-38-40-42-44-50(55)52-48(47-60-61(57,58)59-46-45-53(3,4)5)51(56)49(54)43-41-39-37-35-33-19-17-15-13-11-9-7-2/h22-23,48-49,51,54,56H,6-21,24-47H2,1-5H3,(H-,52,55,57,58)/b23-22-. The van der Waals surface area contributed by atoms with Crippen LogP contribution in [0.25, 0.3) is 0 Å². The van der Waals surface area contributed by atoms with Crippen LogP contribution in [-0.2, 0) is 18.4 Å². The number of phosphoric acid groups is 1. The summed E-state index contributed by atoms with van der Waals surface area (Å²) in [4.78, 5) is 25.5. The van der Waals surface area contributed by atoms with Crippen molar-refractivity contribution in [3.05, 3.63) is 12.2 Å². The lowest BCUT2D eigenvalue weighted by Crippen LogP contribution is -2.51. The highest BCUT2D eigenvalue weighted by atomic mass is 31.2. The average Bonchev–Trinajstić information content (AvgIpc) is 3.21. The van der Waals surface area contributed by atoms with Crippen LogP contribution in [0.2, 0.25) is 0 Å². The van der Waals surface area contributed by atoms with Gasteiger partial charge >= 0.3 is 0 Å². The van der Waals surface area contributed by atoms with Crippen LogP contribution in [0, 0.1) is 0 Å². The maximum atomic E-state index is 12.9. The average molecular weight is 887 g/mol. The number of likely N-dealkylation sites (N-methyl/N-ethyl adjacent to an activating group) is 1. The van der Waals surface area contributed by atoms with Crippen LogP contribution >= 0.6 is 7.82 Å². The fraction of sp³-hybridized carbons (Fsp3) is 0.941. The predicted molar refractivity (Wildman–Crippen MR) is 258 cm³/mol. The van der Waals surface area contributed by atoms with Gasteiger partial charge in [-0.1, -0.05) is 219 Å². The summed E-state index contributed by atoms with van der Waals surface area (Å²) in [6, 6.07) is -1.07. The van der Waals surface area contributed by atoms with E-state index in [1.165, 1.54) is 186 Å². The Morgan fingerprint density at radius 2 is 0.934 bits per heavy atom. The van der Waals surface area contributed by atoms with Gasteiger partial charge in [0, 0.05) is 6.42 Å². The molecular formula is C51H103N2O7P. The zero-order valence-electron chi connectivity index (χ0n) is 41.0. The fourth-order valence-corrected chi connectivity index (χ4v) is 8.62. The van der Waals surface area contributed by atoms with Gasteiger partial charge in [0.1, 0.15) is 19.3 Å². The molecule has 0 aliphatic heterocycles. The summed E-state index contributed by atoms with van der Waals surface area (Å²) < 4.78 is 23.2. The third-order valence-electron chi connectivity index (χ3n) is 12.1. The van der Waals surface area contributed by atoms with Crippen LogP contribution in [0.5, 0.6) is 0 Å². The molecule has 0 saturated heterocycles. The van der Waals surface area contributed by atoms with Crippen molar-refractivity contribution in [2.45, 2.75) is 270 Å². The van der Waals surface area contributed by atoms with E-state index in [9.17, 15) is 24.5 Å². The molecule has 9 nitrogen and oxygen atoms in total. The lowest BCUT2D eigenvalue weighted by Gasteiger charge is -2.31. The van der Waals surface area contributed by atoms with E-state index in [2.05, 4.69) is 31.3 Å². The lowest BCUT2D eigenvalue weighted by molar-refractivity contribution is -0.870. The minimum atomic E-state index is -4.66. The summed E-state index contributed by atoms with van der Waals surface area (Å²) in [5.41, 5.74) is 0. The van der Waals surface area contributed by atoms with Gasteiger partial charge in [-0.25, -0.2) is 0 Å². The lowest BCUT2D eigenvalue weighted by atomic mass is 9.99. The summed E-state index contributed by atoms with van der Waals surface area (Å²) in [6.07, 6.45) is 46.9. The maximum absolute atomic E-state index is 12.9. The molecule has 0 aliphatic rings. The molecule has 3 N–H and O–H groups in total. The number of aliphatic hydroxyl groups is 2. The van der Waals surface area contributed by atoms with Crippen LogP contribution in [0.1, 0.15) is 251 Å². The number of nitrogens with one attached hydrogen (secondary N) is 1. The molecule has 364 valence electrons. The molecule has 0 rings (SSSR count). The zero-order valence-corrected chi connectivity index (χ0v) is 41.9. The molecule has 0 radical (unpaired) electrons. The third kappa shape index (κ3) is 44.2. The van der Waals surface area contributed by atoms with Crippen LogP contribution < -0.4 is 10.2 Å². The van der Waals surface area contributed by atoms with Crippen molar-refractivity contribution in [3.63, 3.8) is 0 Å². The highest BCUT2D eigenvalue weighted by Gasteiger charge is 2.29. The molecule has 0 spiro atoms. The third-order valence-corrected chi connectivity index (χ3v) is 13.1. The monoisotopic (exact) mass is 887 g/mol. The number of carbonyl (C=O) groups is 1. The Bertz CT molecular complexity index is 1020. The van der Waals surface area contributed by atoms with Crippen LogP contribution in [-0.4, -0.2) is 79.8 Å². The van der Waals surface area contributed by atoms with Gasteiger partial charge in [0.15, 0.2) is 0 Å². The molecule has 10 heteroatoms. The molecule has 0 aromatic carbocycles. The predicted octanol–water partition coefficient (Wildman–Crippen LogP) is 13.4. The van der Waals surface area contributed by atoms with E-state index in [1.54, 1.807) is 0 Å².